The van der Waals surface area contributed by atoms with Crippen molar-refractivity contribution in [3.05, 3.63) is 65.5 Å². The molecule has 108 valence electrons. The van der Waals surface area contributed by atoms with Crippen LogP contribution in [0.4, 0.5) is 13.2 Å². The van der Waals surface area contributed by atoms with E-state index >= 15 is 0 Å². The normalized spacial score (nSPS) is 11.6. The van der Waals surface area contributed by atoms with Crippen molar-refractivity contribution in [3.8, 4) is 0 Å². The van der Waals surface area contributed by atoms with Gasteiger partial charge in [-0.05, 0) is 29.8 Å². The molecule has 7 heteroatoms. The van der Waals surface area contributed by atoms with E-state index in [1.165, 1.54) is 42.9 Å². The van der Waals surface area contributed by atoms with E-state index in [-0.39, 0.29) is 0 Å². The van der Waals surface area contributed by atoms with Crippen LogP contribution >= 0.6 is 0 Å². The molecule has 1 aromatic heterocycles. The number of pyridine rings is 1. The van der Waals surface area contributed by atoms with E-state index in [0.29, 0.717) is 11.1 Å². The number of benzene rings is 1. The molecular weight excluding hydrogens is 283 g/mol. The van der Waals surface area contributed by atoms with Crippen LogP contribution in [-0.2, 0) is 6.18 Å². The van der Waals surface area contributed by atoms with Crippen LogP contribution in [0.25, 0.3) is 0 Å². The van der Waals surface area contributed by atoms with Gasteiger partial charge in [0.1, 0.15) is 0 Å². The van der Waals surface area contributed by atoms with Gasteiger partial charge in [0.25, 0.3) is 5.91 Å². The highest BCUT2D eigenvalue weighted by Crippen LogP contribution is 2.28. The minimum Gasteiger partial charge on any atom is -0.267 e. The van der Waals surface area contributed by atoms with Crippen molar-refractivity contribution in [1.29, 1.82) is 0 Å². The standard InChI is InChI=1S/C14H10F3N3O/c15-14(16,17)12-3-1-10(2-4-12)9-19-20-13(21)11-5-7-18-8-6-11/h1-9H,(H,20,21)/b19-9+. The summed E-state index contributed by atoms with van der Waals surface area (Å²) in [6, 6.07) is 7.47. The van der Waals surface area contributed by atoms with Crippen molar-refractivity contribution in [2.75, 3.05) is 0 Å². The molecule has 0 bridgehead atoms. The molecule has 0 aliphatic heterocycles. The third kappa shape index (κ3) is 4.13. The Morgan fingerprint density at radius 1 is 1.10 bits per heavy atom. The SMILES string of the molecule is O=C(N/N=C/c1ccc(C(F)(F)F)cc1)c1ccncc1. The van der Waals surface area contributed by atoms with E-state index in [1.54, 1.807) is 0 Å². The summed E-state index contributed by atoms with van der Waals surface area (Å²) < 4.78 is 37.1. The fourth-order valence-electron chi connectivity index (χ4n) is 1.49. The molecule has 1 amide bonds. The van der Waals surface area contributed by atoms with E-state index in [1.807, 2.05) is 0 Å². The lowest BCUT2D eigenvalue weighted by Gasteiger charge is -2.05. The van der Waals surface area contributed by atoms with E-state index < -0.39 is 17.6 Å². The lowest BCUT2D eigenvalue weighted by atomic mass is 10.1. The first-order valence-electron chi connectivity index (χ1n) is 5.87. The van der Waals surface area contributed by atoms with Gasteiger partial charge in [-0.3, -0.25) is 9.78 Å². The van der Waals surface area contributed by atoms with Gasteiger partial charge >= 0.3 is 6.18 Å². The quantitative estimate of drug-likeness (QED) is 0.699. The Bertz CT molecular complexity index is 637. The minimum atomic E-state index is -4.37. The second-order valence-electron chi connectivity index (χ2n) is 4.05. The Kier molecular flexibility index (Phi) is 4.32. The monoisotopic (exact) mass is 293 g/mol. The Morgan fingerprint density at radius 3 is 2.29 bits per heavy atom. The van der Waals surface area contributed by atoms with Crippen LogP contribution in [0.15, 0.2) is 53.9 Å². The number of alkyl halides is 3. The van der Waals surface area contributed by atoms with Gasteiger partial charge in [-0.2, -0.15) is 18.3 Å². The average molecular weight is 293 g/mol. The Hall–Kier alpha value is -2.70. The van der Waals surface area contributed by atoms with Crippen molar-refractivity contribution < 1.29 is 18.0 Å². The zero-order valence-corrected chi connectivity index (χ0v) is 10.6. The van der Waals surface area contributed by atoms with E-state index in [4.69, 9.17) is 0 Å². The highest BCUT2D eigenvalue weighted by atomic mass is 19.4. The topological polar surface area (TPSA) is 54.4 Å². The maximum absolute atomic E-state index is 12.4. The summed E-state index contributed by atoms with van der Waals surface area (Å²) in [4.78, 5) is 15.4. The van der Waals surface area contributed by atoms with Crippen molar-refractivity contribution in [3.63, 3.8) is 0 Å². The molecule has 1 N–H and O–H groups in total. The number of carbonyl (C=O) groups excluding carboxylic acids is 1. The average Bonchev–Trinajstić information content (AvgIpc) is 2.47. The molecule has 0 saturated carbocycles. The molecule has 0 unspecified atom stereocenters. The molecule has 0 aliphatic rings. The van der Waals surface area contributed by atoms with Crippen LogP contribution < -0.4 is 5.43 Å². The molecule has 0 fully saturated rings. The van der Waals surface area contributed by atoms with Gasteiger partial charge in [0.15, 0.2) is 0 Å². The Balaban J connectivity index is 1.97. The lowest BCUT2D eigenvalue weighted by Crippen LogP contribution is -2.17. The number of amides is 1. The van der Waals surface area contributed by atoms with E-state index in [0.717, 1.165) is 12.1 Å². The first kappa shape index (κ1) is 14.7. The van der Waals surface area contributed by atoms with Crippen LogP contribution in [-0.4, -0.2) is 17.1 Å². The lowest BCUT2D eigenvalue weighted by molar-refractivity contribution is -0.137. The van der Waals surface area contributed by atoms with Gasteiger partial charge in [-0.25, -0.2) is 5.43 Å². The van der Waals surface area contributed by atoms with Crippen LogP contribution in [0, 0.1) is 0 Å². The molecule has 0 atom stereocenters. The number of nitrogens with zero attached hydrogens (tertiary/aromatic N) is 2. The zero-order valence-electron chi connectivity index (χ0n) is 10.6. The number of hydrazone groups is 1. The second-order valence-corrected chi connectivity index (χ2v) is 4.05. The number of aromatic nitrogens is 1. The number of carbonyl (C=O) groups is 1. The van der Waals surface area contributed by atoms with Crippen molar-refractivity contribution in [1.82, 2.24) is 10.4 Å². The van der Waals surface area contributed by atoms with Gasteiger partial charge in [0.2, 0.25) is 0 Å². The van der Waals surface area contributed by atoms with Crippen LogP contribution in [0.3, 0.4) is 0 Å². The van der Waals surface area contributed by atoms with Gasteiger partial charge in [-0.15, -0.1) is 0 Å². The van der Waals surface area contributed by atoms with Crippen LogP contribution in [0.5, 0.6) is 0 Å². The fourth-order valence-corrected chi connectivity index (χ4v) is 1.49. The first-order valence-corrected chi connectivity index (χ1v) is 5.87. The largest absolute Gasteiger partial charge is 0.416 e. The number of nitrogens with one attached hydrogen (secondary N) is 1. The highest BCUT2D eigenvalue weighted by Gasteiger charge is 2.29. The molecule has 21 heavy (non-hydrogen) atoms. The maximum atomic E-state index is 12.4. The predicted octanol–water partition coefficient (Wildman–Crippen LogP) is 2.86. The summed E-state index contributed by atoms with van der Waals surface area (Å²) in [5, 5.41) is 3.68. The first-order chi connectivity index (χ1) is 9.97. The predicted molar refractivity (Wildman–Crippen MR) is 70.7 cm³/mol. The third-order valence-electron chi connectivity index (χ3n) is 2.56. The van der Waals surface area contributed by atoms with E-state index in [2.05, 4.69) is 15.5 Å². The highest BCUT2D eigenvalue weighted by molar-refractivity contribution is 5.94. The van der Waals surface area contributed by atoms with E-state index in [9.17, 15) is 18.0 Å². The number of rotatable bonds is 3. The second kappa shape index (κ2) is 6.17. The number of hydrogen-bond acceptors (Lipinski definition) is 3. The molecule has 2 rings (SSSR count). The van der Waals surface area contributed by atoms with Crippen LogP contribution in [0.2, 0.25) is 0 Å². The fraction of sp³-hybridized carbons (Fsp3) is 0.0714. The molecule has 2 aromatic rings. The van der Waals surface area contributed by atoms with Crippen molar-refractivity contribution >= 4 is 12.1 Å². The third-order valence-corrected chi connectivity index (χ3v) is 2.56. The van der Waals surface area contributed by atoms with Crippen molar-refractivity contribution in [2.45, 2.75) is 6.18 Å². The Labute approximate surface area is 118 Å². The molecule has 0 radical (unpaired) electrons. The minimum absolute atomic E-state index is 0.384. The summed E-state index contributed by atoms with van der Waals surface area (Å²) in [6.07, 6.45) is -0.173. The molecule has 1 heterocycles. The molecule has 1 aromatic carbocycles. The van der Waals surface area contributed by atoms with Gasteiger partial charge in [0.05, 0.1) is 11.8 Å². The number of hydrogen-bond donors (Lipinski definition) is 1. The zero-order chi connectivity index (χ0) is 15.3. The van der Waals surface area contributed by atoms with Crippen LogP contribution in [0.1, 0.15) is 21.5 Å². The molecule has 0 spiro atoms. The molecule has 0 aliphatic carbocycles. The smallest absolute Gasteiger partial charge is 0.267 e. The number of halogens is 3. The summed E-state index contributed by atoms with van der Waals surface area (Å²) in [6.45, 7) is 0. The van der Waals surface area contributed by atoms with Crippen molar-refractivity contribution in [2.24, 2.45) is 5.10 Å². The molecule has 4 nitrogen and oxygen atoms in total. The summed E-state index contributed by atoms with van der Waals surface area (Å²) in [5.74, 6) is -0.430. The summed E-state index contributed by atoms with van der Waals surface area (Å²) in [7, 11) is 0. The van der Waals surface area contributed by atoms with Gasteiger partial charge in [0, 0.05) is 18.0 Å². The molecular formula is C14H10F3N3O. The molecule has 0 saturated heterocycles. The van der Waals surface area contributed by atoms with Gasteiger partial charge in [-0.1, -0.05) is 12.1 Å². The maximum Gasteiger partial charge on any atom is 0.416 e. The summed E-state index contributed by atoms with van der Waals surface area (Å²) >= 11 is 0. The summed E-state index contributed by atoms with van der Waals surface area (Å²) in [5.41, 5.74) is 2.36. The van der Waals surface area contributed by atoms with Gasteiger partial charge < -0.3 is 0 Å². The Morgan fingerprint density at radius 2 is 1.71 bits per heavy atom.